The Morgan fingerprint density at radius 3 is 2.45 bits per heavy atom. The molecule has 152 valence electrons. The van der Waals surface area contributed by atoms with E-state index in [0.29, 0.717) is 17.9 Å². The standard InChI is InChI=1S/C19H20N4O5S/c1-2-3-11-28-16-9-7-13(8-10-16)18(25)21-22-19(29)20-17(24)14-5-4-6-15(12-14)23(26)27/h4-10,12H,2-3,11H2,1H3,(H,21,25)(H2,20,22,24,29). The number of nitrogens with one attached hydrogen (secondary N) is 3. The fourth-order valence-electron chi connectivity index (χ4n) is 2.19. The van der Waals surface area contributed by atoms with Gasteiger partial charge in [-0.05, 0) is 49.0 Å². The molecule has 0 spiro atoms. The topological polar surface area (TPSA) is 123 Å². The van der Waals surface area contributed by atoms with Crippen molar-refractivity contribution in [3.63, 3.8) is 0 Å². The van der Waals surface area contributed by atoms with Crippen LogP contribution in [0.4, 0.5) is 5.69 Å². The zero-order valence-corrected chi connectivity index (χ0v) is 16.5. The van der Waals surface area contributed by atoms with E-state index in [9.17, 15) is 19.7 Å². The maximum Gasteiger partial charge on any atom is 0.270 e. The Morgan fingerprint density at radius 2 is 1.79 bits per heavy atom. The summed E-state index contributed by atoms with van der Waals surface area (Å²) in [6, 6.07) is 11.8. The molecule has 10 heteroatoms. The van der Waals surface area contributed by atoms with Crippen molar-refractivity contribution in [2.75, 3.05) is 6.61 Å². The van der Waals surface area contributed by atoms with Gasteiger partial charge in [-0.15, -0.1) is 0 Å². The van der Waals surface area contributed by atoms with Crippen LogP contribution in [0.1, 0.15) is 40.5 Å². The third-order valence-electron chi connectivity index (χ3n) is 3.72. The number of nitro groups is 1. The number of unbranched alkanes of at least 4 members (excludes halogenated alkanes) is 1. The number of hydrazine groups is 1. The van der Waals surface area contributed by atoms with Crippen LogP contribution in [0.25, 0.3) is 0 Å². The first-order valence-electron chi connectivity index (χ1n) is 8.79. The monoisotopic (exact) mass is 416 g/mol. The molecule has 0 heterocycles. The highest BCUT2D eigenvalue weighted by Crippen LogP contribution is 2.13. The molecule has 0 atom stereocenters. The lowest BCUT2D eigenvalue weighted by molar-refractivity contribution is -0.384. The lowest BCUT2D eigenvalue weighted by Crippen LogP contribution is -2.48. The summed E-state index contributed by atoms with van der Waals surface area (Å²) < 4.78 is 5.53. The van der Waals surface area contributed by atoms with Gasteiger partial charge in [-0.1, -0.05) is 19.4 Å². The van der Waals surface area contributed by atoms with Crippen molar-refractivity contribution < 1.29 is 19.2 Å². The molecule has 0 fully saturated rings. The fraction of sp³-hybridized carbons (Fsp3) is 0.211. The molecule has 0 aromatic heterocycles. The predicted molar refractivity (Wildman–Crippen MR) is 111 cm³/mol. The van der Waals surface area contributed by atoms with Crippen LogP contribution in [0, 0.1) is 10.1 Å². The third-order valence-corrected chi connectivity index (χ3v) is 3.92. The summed E-state index contributed by atoms with van der Waals surface area (Å²) in [7, 11) is 0. The Hall–Kier alpha value is -3.53. The van der Waals surface area contributed by atoms with Crippen LogP contribution in [0.3, 0.4) is 0 Å². The van der Waals surface area contributed by atoms with E-state index < -0.39 is 16.7 Å². The highest BCUT2D eigenvalue weighted by atomic mass is 32.1. The molecule has 29 heavy (non-hydrogen) atoms. The van der Waals surface area contributed by atoms with Crippen molar-refractivity contribution in [2.24, 2.45) is 0 Å². The first kappa shape index (κ1) is 21.8. The van der Waals surface area contributed by atoms with E-state index in [-0.39, 0.29) is 16.4 Å². The van der Waals surface area contributed by atoms with Crippen LogP contribution < -0.4 is 20.9 Å². The number of amides is 2. The van der Waals surface area contributed by atoms with E-state index in [1.165, 1.54) is 18.2 Å². The van der Waals surface area contributed by atoms with Crippen molar-refractivity contribution in [3.05, 3.63) is 69.8 Å². The largest absolute Gasteiger partial charge is 0.494 e. The SMILES string of the molecule is CCCCOc1ccc(C(=O)NNC(=S)NC(=O)c2cccc([N+](=O)[O-])c2)cc1. The van der Waals surface area contributed by atoms with Gasteiger partial charge in [0, 0.05) is 23.3 Å². The van der Waals surface area contributed by atoms with Gasteiger partial charge in [0.05, 0.1) is 11.5 Å². The smallest absolute Gasteiger partial charge is 0.270 e. The normalized spacial score (nSPS) is 9.97. The maximum absolute atomic E-state index is 12.1. The van der Waals surface area contributed by atoms with Crippen molar-refractivity contribution in [3.8, 4) is 5.75 Å². The number of carbonyl (C=O) groups is 2. The molecule has 2 amide bonds. The zero-order valence-electron chi connectivity index (χ0n) is 15.6. The quantitative estimate of drug-likeness (QED) is 0.274. The van der Waals surface area contributed by atoms with Crippen LogP contribution >= 0.6 is 12.2 Å². The number of nitrogens with zero attached hydrogens (tertiary/aromatic N) is 1. The summed E-state index contributed by atoms with van der Waals surface area (Å²) in [5, 5.41) is 13.0. The minimum Gasteiger partial charge on any atom is -0.494 e. The van der Waals surface area contributed by atoms with Crippen molar-refractivity contribution >= 4 is 34.8 Å². The van der Waals surface area contributed by atoms with E-state index in [1.54, 1.807) is 24.3 Å². The number of carbonyl (C=O) groups excluding carboxylic acids is 2. The molecule has 9 nitrogen and oxygen atoms in total. The molecule has 0 saturated heterocycles. The Kier molecular flexibility index (Phi) is 8.04. The molecule has 0 unspecified atom stereocenters. The summed E-state index contributed by atoms with van der Waals surface area (Å²) in [5.74, 6) is -0.436. The highest BCUT2D eigenvalue weighted by molar-refractivity contribution is 7.80. The Bertz CT molecular complexity index is 902. The number of nitro benzene ring substituents is 1. The van der Waals surface area contributed by atoms with Gasteiger partial charge in [0.15, 0.2) is 5.11 Å². The average Bonchev–Trinajstić information content (AvgIpc) is 2.72. The van der Waals surface area contributed by atoms with E-state index in [4.69, 9.17) is 17.0 Å². The summed E-state index contributed by atoms with van der Waals surface area (Å²) in [4.78, 5) is 34.4. The molecule has 0 aliphatic heterocycles. The van der Waals surface area contributed by atoms with Crippen molar-refractivity contribution in [2.45, 2.75) is 19.8 Å². The minimum atomic E-state index is -0.644. The van der Waals surface area contributed by atoms with Gasteiger partial charge in [0.25, 0.3) is 17.5 Å². The molecule has 0 aliphatic rings. The second-order valence-corrected chi connectivity index (χ2v) is 6.30. The van der Waals surface area contributed by atoms with E-state index in [2.05, 4.69) is 23.1 Å². The summed E-state index contributed by atoms with van der Waals surface area (Å²) in [5.41, 5.74) is 4.99. The second-order valence-electron chi connectivity index (χ2n) is 5.90. The summed E-state index contributed by atoms with van der Waals surface area (Å²) in [6.45, 7) is 2.68. The van der Waals surface area contributed by atoms with Gasteiger partial charge in [-0.2, -0.15) is 0 Å². The van der Waals surface area contributed by atoms with Crippen LogP contribution in [-0.2, 0) is 0 Å². The number of thiocarbonyl (C=S) groups is 1. The molecule has 0 aliphatic carbocycles. The van der Waals surface area contributed by atoms with Crippen LogP contribution in [0.5, 0.6) is 5.75 Å². The minimum absolute atomic E-state index is 0.0633. The molecule has 0 radical (unpaired) electrons. The van der Waals surface area contributed by atoms with Gasteiger partial charge >= 0.3 is 0 Å². The Morgan fingerprint density at radius 1 is 1.07 bits per heavy atom. The van der Waals surface area contributed by atoms with Crippen LogP contribution in [-0.4, -0.2) is 28.5 Å². The van der Waals surface area contributed by atoms with Gasteiger partial charge in [-0.25, -0.2) is 0 Å². The van der Waals surface area contributed by atoms with Gasteiger partial charge in [0.1, 0.15) is 5.75 Å². The molecular formula is C19H20N4O5S. The summed E-state index contributed by atoms with van der Waals surface area (Å²) >= 11 is 4.95. The average molecular weight is 416 g/mol. The molecule has 3 N–H and O–H groups in total. The predicted octanol–water partition coefficient (Wildman–Crippen LogP) is 2.72. The van der Waals surface area contributed by atoms with E-state index >= 15 is 0 Å². The van der Waals surface area contributed by atoms with Crippen molar-refractivity contribution in [1.82, 2.24) is 16.2 Å². The number of hydrogen-bond donors (Lipinski definition) is 3. The van der Waals surface area contributed by atoms with Gasteiger partial charge < -0.3 is 4.74 Å². The van der Waals surface area contributed by atoms with Gasteiger partial charge in [0.2, 0.25) is 0 Å². The lowest BCUT2D eigenvalue weighted by atomic mass is 10.2. The summed E-state index contributed by atoms with van der Waals surface area (Å²) in [6.07, 6.45) is 1.98. The number of hydrogen-bond acceptors (Lipinski definition) is 6. The second kappa shape index (κ2) is 10.7. The Balaban J connectivity index is 1.83. The lowest BCUT2D eigenvalue weighted by Gasteiger charge is -2.11. The zero-order chi connectivity index (χ0) is 21.2. The Labute approximate surface area is 172 Å². The molecule has 2 rings (SSSR count). The molecular weight excluding hydrogens is 396 g/mol. The molecule has 2 aromatic rings. The van der Waals surface area contributed by atoms with E-state index in [1.807, 2.05) is 0 Å². The number of rotatable bonds is 7. The maximum atomic E-state index is 12.1. The number of non-ortho nitro benzene ring substituents is 1. The fourth-order valence-corrected chi connectivity index (χ4v) is 2.33. The van der Waals surface area contributed by atoms with E-state index in [0.717, 1.165) is 18.9 Å². The first-order chi connectivity index (χ1) is 13.9. The highest BCUT2D eigenvalue weighted by Gasteiger charge is 2.13. The number of benzene rings is 2. The van der Waals surface area contributed by atoms with Gasteiger partial charge in [-0.3, -0.25) is 35.9 Å². The molecule has 0 bridgehead atoms. The van der Waals surface area contributed by atoms with Crippen LogP contribution in [0.2, 0.25) is 0 Å². The molecule has 0 saturated carbocycles. The van der Waals surface area contributed by atoms with Crippen LogP contribution in [0.15, 0.2) is 48.5 Å². The third kappa shape index (κ3) is 6.85. The first-order valence-corrected chi connectivity index (χ1v) is 9.20. The molecule has 2 aromatic carbocycles. The number of ether oxygens (including phenoxy) is 1. The van der Waals surface area contributed by atoms with Crippen molar-refractivity contribution in [1.29, 1.82) is 0 Å².